The monoisotopic (exact) mass is 622 g/mol. The van der Waals surface area contributed by atoms with Crippen molar-refractivity contribution in [3.05, 3.63) is 64.8 Å². The molecule has 2 aromatic heterocycles. The lowest BCUT2D eigenvalue weighted by atomic mass is 9.91. The van der Waals surface area contributed by atoms with Crippen molar-refractivity contribution in [2.45, 2.75) is 62.8 Å². The smallest absolute Gasteiger partial charge is 0.329 e. The molecule has 0 unspecified atom stereocenters. The number of nitrogens with one attached hydrogen (secondary N) is 1. The highest BCUT2D eigenvalue weighted by molar-refractivity contribution is 7.50. The van der Waals surface area contributed by atoms with Crippen LogP contribution in [-0.4, -0.2) is 73.5 Å². The van der Waals surface area contributed by atoms with Crippen molar-refractivity contribution < 1.29 is 28.7 Å². The van der Waals surface area contributed by atoms with E-state index in [2.05, 4.69) is 10.3 Å². The molecule has 5 heterocycles. The van der Waals surface area contributed by atoms with Crippen molar-refractivity contribution >= 4 is 46.7 Å². The van der Waals surface area contributed by atoms with Gasteiger partial charge in [0.25, 0.3) is 5.91 Å². The number of thiophene rings is 1. The average molecular weight is 623 g/mol. The zero-order chi connectivity index (χ0) is 29.9. The van der Waals surface area contributed by atoms with Crippen LogP contribution in [0.1, 0.15) is 52.9 Å². The topological polar surface area (TPSA) is 140 Å². The summed E-state index contributed by atoms with van der Waals surface area (Å²) in [6, 6.07) is 9.70. The normalized spacial score (nSPS) is 27.2. The van der Waals surface area contributed by atoms with E-state index in [1.54, 1.807) is 36.7 Å². The van der Waals surface area contributed by atoms with Crippen LogP contribution in [0, 0.1) is 17.8 Å². The Morgan fingerprint density at radius 3 is 2.53 bits per heavy atom. The summed E-state index contributed by atoms with van der Waals surface area (Å²) in [5, 5.41) is 3.74. The molecule has 0 spiro atoms. The predicted octanol–water partition coefficient (Wildman–Crippen LogP) is 3.56. The molecule has 1 aliphatic carbocycles. The molecule has 3 aromatic rings. The fourth-order valence-electron chi connectivity index (χ4n) is 7.34. The van der Waals surface area contributed by atoms with E-state index in [0.29, 0.717) is 54.1 Å². The Labute approximate surface area is 253 Å². The van der Waals surface area contributed by atoms with E-state index < -0.39 is 19.7 Å². The second-order valence-electron chi connectivity index (χ2n) is 12.7. The van der Waals surface area contributed by atoms with Gasteiger partial charge in [0, 0.05) is 36.2 Å². The van der Waals surface area contributed by atoms with Gasteiger partial charge in [0.2, 0.25) is 11.8 Å². The van der Waals surface area contributed by atoms with Crippen LogP contribution < -0.4 is 5.32 Å². The van der Waals surface area contributed by atoms with Crippen LogP contribution in [0.5, 0.6) is 0 Å². The SMILES string of the molecule is O=C(N[C@H]1C[C@@H]2C[C@@H]2C[C@H]2CC[C@@H](C(=O)N3CC(Cc4ccncc4)C3)N2C1=O)c1cc2cc(CP(=O)(O)O)ccc2s1. The van der Waals surface area contributed by atoms with E-state index in [-0.39, 0.29) is 29.9 Å². The third-order valence-electron chi connectivity index (χ3n) is 9.56. The minimum atomic E-state index is -4.21. The fourth-order valence-corrected chi connectivity index (χ4v) is 8.96. The Hall–Kier alpha value is -3.11. The molecular formula is C31H35N4O6PS. The van der Waals surface area contributed by atoms with Gasteiger partial charge in [0.1, 0.15) is 12.1 Å². The van der Waals surface area contributed by atoms with Gasteiger partial charge in [-0.2, -0.15) is 0 Å². The average Bonchev–Trinajstić information content (AvgIpc) is 3.31. The molecule has 10 nitrogen and oxygen atoms in total. The highest BCUT2D eigenvalue weighted by atomic mass is 32.1. The molecule has 0 bridgehead atoms. The first kappa shape index (κ1) is 28.6. The molecule has 12 heteroatoms. The maximum Gasteiger partial charge on any atom is 0.329 e. The molecule has 4 fully saturated rings. The van der Waals surface area contributed by atoms with Crippen molar-refractivity contribution in [1.82, 2.24) is 20.1 Å². The third-order valence-corrected chi connectivity index (χ3v) is 11.5. The molecular weight excluding hydrogens is 587 g/mol. The molecule has 1 saturated carbocycles. The van der Waals surface area contributed by atoms with E-state index in [1.165, 1.54) is 16.9 Å². The van der Waals surface area contributed by atoms with Gasteiger partial charge < -0.3 is 24.9 Å². The summed E-state index contributed by atoms with van der Waals surface area (Å²) < 4.78 is 12.3. The van der Waals surface area contributed by atoms with E-state index in [4.69, 9.17) is 0 Å². The summed E-state index contributed by atoms with van der Waals surface area (Å²) >= 11 is 1.29. The molecule has 4 aliphatic rings. The summed E-state index contributed by atoms with van der Waals surface area (Å²) in [5.74, 6) is 0.871. The first-order valence-corrected chi connectivity index (χ1v) is 17.6. The minimum absolute atomic E-state index is 0.0236. The summed E-state index contributed by atoms with van der Waals surface area (Å²) in [6.45, 7) is 1.38. The number of hydrogen-bond acceptors (Lipinski definition) is 6. The lowest BCUT2D eigenvalue weighted by molar-refractivity contribution is -0.151. The van der Waals surface area contributed by atoms with Crippen LogP contribution in [0.3, 0.4) is 0 Å². The van der Waals surface area contributed by atoms with Crippen LogP contribution in [0.4, 0.5) is 0 Å². The highest BCUT2D eigenvalue weighted by Gasteiger charge is 2.52. The van der Waals surface area contributed by atoms with Crippen molar-refractivity contribution in [3.63, 3.8) is 0 Å². The Balaban J connectivity index is 1.04. The summed E-state index contributed by atoms with van der Waals surface area (Å²) in [5.41, 5.74) is 1.71. The van der Waals surface area contributed by atoms with Gasteiger partial charge in [-0.25, -0.2) is 0 Å². The van der Waals surface area contributed by atoms with E-state index >= 15 is 0 Å². The highest BCUT2D eigenvalue weighted by Crippen LogP contribution is 2.49. The summed E-state index contributed by atoms with van der Waals surface area (Å²) in [4.78, 5) is 68.1. The van der Waals surface area contributed by atoms with Crippen molar-refractivity contribution in [3.8, 4) is 0 Å². The van der Waals surface area contributed by atoms with E-state index in [0.717, 1.165) is 35.8 Å². The Kier molecular flexibility index (Phi) is 7.40. The first-order valence-electron chi connectivity index (χ1n) is 15.0. The van der Waals surface area contributed by atoms with Gasteiger partial charge in [-0.15, -0.1) is 11.3 Å². The first-order chi connectivity index (χ1) is 20.6. The molecule has 0 radical (unpaired) electrons. The number of aromatic nitrogens is 1. The van der Waals surface area contributed by atoms with E-state index in [1.807, 2.05) is 21.9 Å². The summed E-state index contributed by atoms with van der Waals surface area (Å²) in [7, 11) is -4.21. The maximum absolute atomic E-state index is 14.1. The lowest BCUT2D eigenvalue weighted by Crippen LogP contribution is -2.60. The molecule has 3 N–H and O–H groups in total. The van der Waals surface area contributed by atoms with Gasteiger partial charge in [0.15, 0.2) is 0 Å². The predicted molar refractivity (Wildman–Crippen MR) is 161 cm³/mol. The number of hydrogen-bond donors (Lipinski definition) is 3. The molecule has 3 aliphatic heterocycles. The number of fused-ring (bicyclic) bond motifs is 3. The number of carbonyl (C=O) groups is 3. The number of pyridine rings is 1. The number of nitrogens with zero attached hydrogens (tertiary/aromatic N) is 3. The van der Waals surface area contributed by atoms with Crippen LogP contribution in [-0.2, 0) is 26.7 Å². The molecule has 226 valence electrons. The number of rotatable bonds is 7. The zero-order valence-corrected chi connectivity index (χ0v) is 25.4. The second-order valence-corrected chi connectivity index (χ2v) is 15.4. The summed E-state index contributed by atoms with van der Waals surface area (Å²) in [6.07, 6.45) is 8.15. The van der Waals surface area contributed by atoms with Gasteiger partial charge in [-0.05, 0) is 103 Å². The zero-order valence-electron chi connectivity index (χ0n) is 23.7. The number of likely N-dealkylation sites (tertiary alicyclic amines) is 1. The van der Waals surface area contributed by atoms with Gasteiger partial charge in [-0.3, -0.25) is 23.9 Å². The van der Waals surface area contributed by atoms with Crippen LogP contribution in [0.25, 0.3) is 10.1 Å². The molecule has 5 atom stereocenters. The number of amides is 3. The van der Waals surface area contributed by atoms with Crippen molar-refractivity contribution in [2.75, 3.05) is 13.1 Å². The van der Waals surface area contributed by atoms with E-state index in [9.17, 15) is 28.7 Å². The number of benzene rings is 1. The van der Waals surface area contributed by atoms with Gasteiger partial charge in [-0.1, -0.05) is 6.07 Å². The second kappa shape index (κ2) is 11.1. The molecule has 7 rings (SSSR count). The Morgan fingerprint density at radius 1 is 1.00 bits per heavy atom. The Morgan fingerprint density at radius 2 is 1.77 bits per heavy atom. The van der Waals surface area contributed by atoms with Gasteiger partial charge in [0.05, 0.1) is 11.0 Å². The fraction of sp³-hybridized carbons (Fsp3) is 0.484. The quantitative estimate of drug-likeness (QED) is 0.343. The van der Waals surface area contributed by atoms with Crippen molar-refractivity contribution in [1.29, 1.82) is 0 Å². The molecule has 3 amide bonds. The largest absolute Gasteiger partial charge is 0.340 e. The van der Waals surface area contributed by atoms with Crippen LogP contribution >= 0.6 is 18.9 Å². The molecule has 3 saturated heterocycles. The van der Waals surface area contributed by atoms with Gasteiger partial charge >= 0.3 is 7.60 Å². The third kappa shape index (κ3) is 6.00. The molecule has 1 aromatic carbocycles. The van der Waals surface area contributed by atoms with Crippen LogP contribution in [0.2, 0.25) is 0 Å². The standard InChI is InChI=1S/C31H35N4O6PS/c36-29(28-14-23-10-19(17-42(39,40)41)1-4-27(23)43-28)33-25-13-22-11-21(22)12-24-2-3-26(35(24)30(25)37)31(38)34-15-20(16-34)9-18-5-7-32-8-6-18/h1,4-8,10,14,20-22,24-26H,2-3,9,11-13,15-17H2,(H,33,36)(H2,39,40,41)/t21-,22+,24-,25+,26+/m1/s1. The minimum Gasteiger partial charge on any atom is -0.340 e. The molecule has 43 heavy (non-hydrogen) atoms. The van der Waals surface area contributed by atoms with Crippen LogP contribution in [0.15, 0.2) is 48.8 Å². The van der Waals surface area contributed by atoms with Crippen molar-refractivity contribution in [2.24, 2.45) is 17.8 Å². The maximum atomic E-state index is 14.1. The Bertz CT molecular complexity index is 1620. The lowest BCUT2D eigenvalue weighted by Gasteiger charge is -2.43. The number of carbonyl (C=O) groups excluding carboxylic acids is 3.